The van der Waals surface area contributed by atoms with E-state index in [0.29, 0.717) is 28.3 Å². The number of halogens is 1. The normalized spacial score (nSPS) is 15.2. The molecule has 25 heavy (non-hydrogen) atoms. The molecule has 0 spiro atoms. The van der Waals surface area contributed by atoms with Crippen LogP contribution in [0, 0.1) is 12.8 Å². The number of anilines is 1. The summed E-state index contributed by atoms with van der Waals surface area (Å²) in [6.45, 7) is 2.08. The van der Waals surface area contributed by atoms with Crippen molar-refractivity contribution in [1.29, 1.82) is 0 Å². The largest absolute Gasteiger partial charge is 0.384 e. The van der Waals surface area contributed by atoms with E-state index in [4.69, 9.17) is 21.9 Å². The fourth-order valence-electron chi connectivity index (χ4n) is 2.09. The summed E-state index contributed by atoms with van der Waals surface area (Å²) in [5, 5.41) is 1.27. The van der Waals surface area contributed by atoms with Crippen molar-refractivity contribution in [2.45, 2.75) is 30.2 Å². The number of nitrogens with two attached hydrogens (primary N) is 1. The molecule has 7 nitrogen and oxygen atoms in total. The van der Waals surface area contributed by atoms with Crippen LogP contribution in [0.5, 0.6) is 0 Å². The molecule has 0 saturated heterocycles. The lowest BCUT2D eigenvalue weighted by atomic mass is 10.1. The van der Waals surface area contributed by atoms with Crippen LogP contribution in [0.4, 0.5) is 5.82 Å². The summed E-state index contributed by atoms with van der Waals surface area (Å²) in [5.74, 6) is 1.04. The van der Waals surface area contributed by atoms with Gasteiger partial charge in [-0.15, -0.1) is 0 Å². The Morgan fingerprint density at radius 1 is 1.36 bits per heavy atom. The van der Waals surface area contributed by atoms with Crippen LogP contribution >= 0.6 is 23.4 Å². The fraction of sp³-hybridized carbons (Fsp3) is 0.400. The number of nitrogens with zero attached hydrogens (tertiary/aromatic N) is 3. The molecule has 0 amide bonds. The van der Waals surface area contributed by atoms with Crippen LogP contribution in [0.1, 0.15) is 29.3 Å². The predicted octanol–water partition coefficient (Wildman–Crippen LogP) is 3.16. The lowest BCUT2D eigenvalue weighted by molar-refractivity contribution is 0.490. The van der Waals surface area contributed by atoms with Crippen LogP contribution < -0.4 is 5.73 Å². The zero-order valence-electron chi connectivity index (χ0n) is 13.8. The SMILES string of the molecule is CS(=O)(=O)O.Cc1ccnc(C(Sc2nc(N)cc(Cl)n2)C2CC2)c1. The molecule has 3 N–H and O–H groups in total. The molecule has 3 rings (SSSR count). The van der Waals surface area contributed by atoms with Gasteiger partial charge in [-0.05, 0) is 43.4 Å². The van der Waals surface area contributed by atoms with E-state index in [1.165, 1.54) is 18.4 Å². The summed E-state index contributed by atoms with van der Waals surface area (Å²) in [4.78, 5) is 13.0. The highest BCUT2D eigenvalue weighted by atomic mass is 35.5. The molecule has 1 fully saturated rings. The Bertz CT molecular complexity index is 816. The molecule has 10 heteroatoms. The van der Waals surface area contributed by atoms with Crippen LogP contribution in [0.15, 0.2) is 29.6 Å². The summed E-state index contributed by atoms with van der Waals surface area (Å²) < 4.78 is 25.9. The minimum atomic E-state index is -3.67. The molecule has 1 unspecified atom stereocenters. The minimum absolute atomic E-state index is 0.271. The lowest BCUT2D eigenvalue weighted by Gasteiger charge is -2.15. The van der Waals surface area contributed by atoms with Gasteiger partial charge in [0.2, 0.25) is 0 Å². The molecular formula is C15H19ClN4O3S2. The maximum Gasteiger partial charge on any atom is 0.261 e. The summed E-state index contributed by atoms with van der Waals surface area (Å²) in [5.41, 5.74) is 8.02. The average Bonchev–Trinajstić information content (AvgIpc) is 3.26. The smallest absolute Gasteiger partial charge is 0.261 e. The van der Waals surface area contributed by atoms with Gasteiger partial charge >= 0.3 is 0 Å². The van der Waals surface area contributed by atoms with E-state index in [1.54, 1.807) is 17.8 Å². The van der Waals surface area contributed by atoms with E-state index in [0.717, 1.165) is 5.69 Å². The number of aryl methyl sites for hydroxylation is 1. The Hall–Kier alpha value is -1.42. The molecule has 0 radical (unpaired) electrons. The summed E-state index contributed by atoms with van der Waals surface area (Å²) >= 11 is 7.54. The number of rotatable bonds is 4. The lowest BCUT2D eigenvalue weighted by Crippen LogP contribution is -2.03. The molecule has 0 aromatic carbocycles. The van der Waals surface area contributed by atoms with Crippen molar-refractivity contribution in [1.82, 2.24) is 15.0 Å². The first-order chi connectivity index (χ1) is 11.6. The number of hydrogen-bond donors (Lipinski definition) is 2. The summed E-state index contributed by atoms with van der Waals surface area (Å²) in [7, 11) is -3.67. The van der Waals surface area contributed by atoms with Gasteiger partial charge in [-0.3, -0.25) is 9.54 Å². The molecule has 2 heterocycles. The maximum atomic E-state index is 9.19. The first-order valence-electron chi connectivity index (χ1n) is 7.43. The second kappa shape index (κ2) is 8.31. The van der Waals surface area contributed by atoms with Crippen LogP contribution in [0.25, 0.3) is 0 Å². The third-order valence-corrected chi connectivity index (χ3v) is 4.67. The standard InChI is InChI=1S/C14H15ClN4S.CH4O3S/c1-8-4-5-17-10(6-8)13(9-2-3-9)20-14-18-11(15)7-12(16)19-14;1-5(2,3)4/h4-7,9,13H,2-3H2,1H3,(H2,16,18,19);1H3,(H,2,3,4). The predicted molar refractivity (Wildman–Crippen MR) is 99.2 cm³/mol. The van der Waals surface area contributed by atoms with Gasteiger partial charge in [-0.2, -0.15) is 8.42 Å². The zero-order valence-corrected chi connectivity index (χ0v) is 16.1. The van der Waals surface area contributed by atoms with Gasteiger partial charge in [0.15, 0.2) is 5.16 Å². The number of nitrogen functional groups attached to an aromatic ring is 1. The van der Waals surface area contributed by atoms with Gasteiger partial charge in [-0.1, -0.05) is 23.4 Å². The van der Waals surface area contributed by atoms with Crippen molar-refractivity contribution in [2.75, 3.05) is 12.0 Å². The Morgan fingerprint density at radius 3 is 2.52 bits per heavy atom. The summed E-state index contributed by atoms with van der Waals surface area (Å²) in [6.07, 6.45) is 5.02. The van der Waals surface area contributed by atoms with Crippen molar-refractivity contribution < 1.29 is 13.0 Å². The second-order valence-electron chi connectivity index (χ2n) is 5.77. The van der Waals surface area contributed by atoms with Gasteiger partial charge in [0.25, 0.3) is 10.1 Å². The first kappa shape index (κ1) is 19.9. The van der Waals surface area contributed by atoms with E-state index in [-0.39, 0.29) is 5.25 Å². The zero-order chi connectivity index (χ0) is 18.6. The third kappa shape index (κ3) is 7.55. The van der Waals surface area contributed by atoms with Gasteiger partial charge in [-0.25, -0.2) is 9.97 Å². The van der Waals surface area contributed by atoms with Gasteiger partial charge in [0.1, 0.15) is 11.0 Å². The molecule has 1 aliphatic rings. The monoisotopic (exact) mass is 402 g/mol. The molecule has 0 aliphatic heterocycles. The third-order valence-electron chi connectivity index (χ3n) is 3.20. The molecule has 0 bridgehead atoms. The van der Waals surface area contributed by atoms with Crippen molar-refractivity contribution >= 4 is 39.3 Å². The van der Waals surface area contributed by atoms with Gasteiger partial charge < -0.3 is 5.73 Å². The van der Waals surface area contributed by atoms with Crippen LogP contribution in [0.3, 0.4) is 0 Å². The highest BCUT2D eigenvalue weighted by molar-refractivity contribution is 7.99. The van der Waals surface area contributed by atoms with Crippen LogP contribution in [-0.4, -0.2) is 34.2 Å². The van der Waals surface area contributed by atoms with Crippen LogP contribution in [-0.2, 0) is 10.1 Å². The number of thioether (sulfide) groups is 1. The highest BCUT2D eigenvalue weighted by Gasteiger charge is 2.34. The van der Waals surface area contributed by atoms with Gasteiger partial charge in [0, 0.05) is 12.3 Å². The van der Waals surface area contributed by atoms with Crippen molar-refractivity contribution in [3.63, 3.8) is 0 Å². The Balaban J connectivity index is 0.000000399. The quantitative estimate of drug-likeness (QED) is 0.346. The number of pyridine rings is 1. The highest BCUT2D eigenvalue weighted by Crippen LogP contribution is 2.50. The molecule has 136 valence electrons. The molecular weight excluding hydrogens is 384 g/mol. The minimum Gasteiger partial charge on any atom is -0.384 e. The number of aromatic nitrogens is 3. The number of hydrogen-bond acceptors (Lipinski definition) is 7. The fourth-order valence-corrected chi connectivity index (χ4v) is 3.58. The van der Waals surface area contributed by atoms with Crippen molar-refractivity contribution in [3.05, 3.63) is 40.8 Å². The Morgan fingerprint density at radius 2 is 2.00 bits per heavy atom. The van der Waals surface area contributed by atoms with Crippen molar-refractivity contribution in [3.8, 4) is 0 Å². The van der Waals surface area contributed by atoms with E-state index >= 15 is 0 Å². The molecule has 1 aliphatic carbocycles. The van der Waals surface area contributed by atoms with E-state index in [2.05, 4.69) is 27.9 Å². The molecule has 2 aromatic rings. The Labute approximate surface area is 156 Å². The topological polar surface area (TPSA) is 119 Å². The second-order valence-corrected chi connectivity index (χ2v) is 8.73. The van der Waals surface area contributed by atoms with Crippen molar-refractivity contribution in [2.24, 2.45) is 5.92 Å². The first-order valence-corrected chi connectivity index (χ1v) is 10.5. The Kier molecular flexibility index (Phi) is 6.61. The molecule has 1 saturated carbocycles. The summed E-state index contributed by atoms with van der Waals surface area (Å²) in [6, 6.07) is 5.69. The average molecular weight is 403 g/mol. The van der Waals surface area contributed by atoms with E-state index in [1.807, 2.05) is 12.3 Å². The van der Waals surface area contributed by atoms with E-state index in [9.17, 15) is 8.42 Å². The molecule has 1 atom stereocenters. The van der Waals surface area contributed by atoms with Gasteiger partial charge in [0.05, 0.1) is 17.2 Å². The van der Waals surface area contributed by atoms with E-state index < -0.39 is 10.1 Å². The molecule has 2 aromatic heterocycles. The van der Waals surface area contributed by atoms with Crippen LogP contribution in [0.2, 0.25) is 5.15 Å². The maximum absolute atomic E-state index is 9.19.